The summed E-state index contributed by atoms with van der Waals surface area (Å²) in [4.78, 5) is 31.7. The van der Waals surface area contributed by atoms with Gasteiger partial charge in [0, 0.05) is 20.1 Å². The summed E-state index contributed by atoms with van der Waals surface area (Å²) in [5.41, 5.74) is 2.67. The lowest BCUT2D eigenvalue weighted by molar-refractivity contribution is -0.141. The molecule has 1 fully saturated rings. The fourth-order valence-electron chi connectivity index (χ4n) is 3.48. The average Bonchev–Trinajstić information content (AvgIpc) is 3.34. The highest BCUT2D eigenvalue weighted by atomic mass is 32.1. The van der Waals surface area contributed by atoms with Crippen LogP contribution < -0.4 is 0 Å². The minimum absolute atomic E-state index is 0.157. The van der Waals surface area contributed by atoms with Crippen molar-refractivity contribution < 1.29 is 14.7 Å². The first-order chi connectivity index (χ1) is 12.5. The normalized spacial score (nSPS) is 17.2. The highest BCUT2D eigenvalue weighted by Crippen LogP contribution is 2.31. The number of aryl methyl sites for hydroxylation is 2. The van der Waals surface area contributed by atoms with Crippen LogP contribution in [0.1, 0.15) is 22.5 Å². The van der Waals surface area contributed by atoms with Gasteiger partial charge in [0.25, 0.3) is 5.91 Å². The van der Waals surface area contributed by atoms with Crippen LogP contribution in [0.4, 0.5) is 0 Å². The molecule has 0 saturated carbocycles. The van der Waals surface area contributed by atoms with E-state index in [1.807, 2.05) is 31.5 Å². The molecule has 1 unspecified atom stereocenters. The number of nitrogens with zero attached hydrogens (tertiary/aromatic N) is 4. The second-order valence-electron chi connectivity index (χ2n) is 6.51. The van der Waals surface area contributed by atoms with Gasteiger partial charge in [0.05, 0.1) is 33.1 Å². The summed E-state index contributed by atoms with van der Waals surface area (Å²) in [5, 5.41) is 16.3. The summed E-state index contributed by atoms with van der Waals surface area (Å²) >= 11 is 1.56. The van der Waals surface area contributed by atoms with Gasteiger partial charge in [0.1, 0.15) is 0 Å². The molecule has 0 bridgehead atoms. The van der Waals surface area contributed by atoms with Gasteiger partial charge >= 0.3 is 5.97 Å². The number of hydrogen-bond donors (Lipinski definition) is 1. The van der Waals surface area contributed by atoms with Crippen LogP contribution in [-0.2, 0) is 11.8 Å². The van der Waals surface area contributed by atoms with Gasteiger partial charge in [-0.2, -0.15) is 5.10 Å². The summed E-state index contributed by atoms with van der Waals surface area (Å²) < 4.78 is 1.68. The van der Waals surface area contributed by atoms with E-state index < -0.39 is 11.9 Å². The number of aliphatic carboxylic acids is 1. The monoisotopic (exact) mass is 370 g/mol. The molecular formula is C18H18N4O3S. The van der Waals surface area contributed by atoms with Crippen molar-refractivity contribution in [3.63, 3.8) is 0 Å². The maximum absolute atomic E-state index is 13.2. The van der Waals surface area contributed by atoms with Gasteiger partial charge in [-0.05, 0) is 30.9 Å². The van der Waals surface area contributed by atoms with Gasteiger partial charge in [-0.25, -0.2) is 4.98 Å². The van der Waals surface area contributed by atoms with Crippen LogP contribution in [0.25, 0.3) is 21.6 Å². The van der Waals surface area contributed by atoms with Crippen LogP contribution >= 0.6 is 11.3 Å². The van der Waals surface area contributed by atoms with E-state index in [9.17, 15) is 14.7 Å². The summed E-state index contributed by atoms with van der Waals surface area (Å²) in [6.45, 7) is 2.55. The van der Waals surface area contributed by atoms with E-state index in [0.717, 1.165) is 21.7 Å². The van der Waals surface area contributed by atoms with Crippen LogP contribution in [0.15, 0.2) is 23.6 Å². The molecule has 134 valence electrons. The molecule has 4 rings (SSSR count). The molecule has 0 aliphatic carbocycles. The Morgan fingerprint density at radius 2 is 2.19 bits per heavy atom. The number of carboxylic acid groups (broad SMARTS) is 1. The summed E-state index contributed by atoms with van der Waals surface area (Å²) in [6, 6.07) is 5.71. The Morgan fingerprint density at radius 1 is 1.38 bits per heavy atom. The Morgan fingerprint density at radius 3 is 2.85 bits per heavy atom. The minimum atomic E-state index is -0.850. The maximum Gasteiger partial charge on any atom is 0.308 e. The highest BCUT2D eigenvalue weighted by molar-refractivity contribution is 7.13. The van der Waals surface area contributed by atoms with Crippen LogP contribution in [0, 0.1) is 12.8 Å². The number of amides is 1. The number of thiophene rings is 1. The summed E-state index contributed by atoms with van der Waals surface area (Å²) in [5.74, 6) is -1.50. The van der Waals surface area contributed by atoms with Crippen LogP contribution in [0.3, 0.4) is 0 Å². The van der Waals surface area contributed by atoms with E-state index in [1.54, 1.807) is 27.0 Å². The van der Waals surface area contributed by atoms with Crippen molar-refractivity contribution in [2.75, 3.05) is 13.1 Å². The van der Waals surface area contributed by atoms with Crippen molar-refractivity contribution in [2.24, 2.45) is 13.0 Å². The zero-order valence-electron chi connectivity index (χ0n) is 14.5. The number of fused-ring (bicyclic) bond motifs is 1. The van der Waals surface area contributed by atoms with Crippen molar-refractivity contribution in [3.8, 4) is 10.6 Å². The molecule has 4 heterocycles. The quantitative estimate of drug-likeness (QED) is 0.765. The van der Waals surface area contributed by atoms with E-state index >= 15 is 0 Å². The largest absolute Gasteiger partial charge is 0.481 e. The Labute approximate surface area is 153 Å². The third-order valence-electron chi connectivity index (χ3n) is 4.80. The average molecular weight is 370 g/mol. The topological polar surface area (TPSA) is 88.3 Å². The number of aromatic nitrogens is 3. The standard InChI is InChI=1S/C18H18N4O3S/c1-10-15-12(17(23)22-6-5-11(9-22)18(24)25)8-13(14-4-3-7-26-14)19-16(15)21(2)20-10/h3-4,7-8,11H,5-6,9H2,1-2H3,(H,24,25). The number of carbonyl (C=O) groups is 2. The van der Waals surface area contributed by atoms with E-state index in [4.69, 9.17) is 4.98 Å². The number of rotatable bonds is 3. The molecule has 0 aromatic carbocycles. The molecule has 1 saturated heterocycles. The van der Waals surface area contributed by atoms with Crippen molar-refractivity contribution in [3.05, 3.63) is 34.8 Å². The van der Waals surface area contributed by atoms with Crippen molar-refractivity contribution in [2.45, 2.75) is 13.3 Å². The maximum atomic E-state index is 13.2. The molecule has 3 aromatic heterocycles. The predicted octanol–water partition coefficient (Wildman–Crippen LogP) is 2.55. The lowest BCUT2D eigenvalue weighted by Crippen LogP contribution is -2.30. The molecule has 1 N–H and O–H groups in total. The van der Waals surface area contributed by atoms with Gasteiger partial charge in [-0.1, -0.05) is 6.07 Å². The number of likely N-dealkylation sites (tertiary alicyclic amines) is 1. The fourth-order valence-corrected chi connectivity index (χ4v) is 4.17. The Kier molecular flexibility index (Phi) is 3.99. The highest BCUT2D eigenvalue weighted by Gasteiger charge is 2.32. The van der Waals surface area contributed by atoms with Gasteiger partial charge < -0.3 is 10.0 Å². The molecule has 1 amide bonds. The number of hydrogen-bond acceptors (Lipinski definition) is 5. The first kappa shape index (κ1) is 16.7. The molecule has 8 heteroatoms. The first-order valence-electron chi connectivity index (χ1n) is 8.36. The lowest BCUT2D eigenvalue weighted by atomic mass is 10.1. The van der Waals surface area contributed by atoms with Crippen molar-refractivity contribution in [1.82, 2.24) is 19.7 Å². The zero-order valence-corrected chi connectivity index (χ0v) is 15.3. The molecule has 0 spiro atoms. The molecule has 1 aliphatic heterocycles. The molecule has 0 radical (unpaired) electrons. The van der Waals surface area contributed by atoms with Gasteiger partial charge in [-0.3, -0.25) is 14.3 Å². The van der Waals surface area contributed by atoms with Crippen molar-refractivity contribution >= 4 is 34.2 Å². The minimum Gasteiger partial charge on any atom is -0.481 e. The first-order valence-corrected chi connectivity index (χ1v) is 9.24. The van der Waals surface area contributed by atoms with Crippen molar-refractivity contribution in [1.29, 1.82) is 0 Å². The molecule has 1 aliphatic rings. The zero-order chi connectivity index (χ0) is 18.4. The molecule has 26 heavy (non-hydrogen) atoms. The van der Waals surface area contributed by atoms with Gasteiger partial charge in [0.2, 0.25) is 0 Å². The number of carboxylic acids is 1. The summed E-state index contributed by atoms with van der Waals surface area (Å²) in [6.07, 6.45) is 0.485. The Hall–Kier alpha value is -2.74. The second-order valence-corrected chi connectivity index (χ2v) is 7.46. The second kappa shape index (κ2) is 6.21. The molecule has 7 nitrogen and oxygen atoms in total. The van der Waals surface area contributed by atoms with Gasteiger partial charge in [-0.15, -0.1) is 11.3 Å². The smallest absolute Gasteiger partial charge is 0.308 e. The van der Waals surface area contributed by atoms with Crippen LogP contribution in [0.2, 0.25) is 0 Å². The molecule has 3 aromatic rings. The SMILES string of the molecule is Cc1nn(C)c2nc(-c3cccs3)cc(C(=O)N3CCC(C(=O)O)C3)c12. The third kappa shape index (κ3) is 2.66. The van der Waals surface area contributed by atoms with E-state index in [2.05, 4.69) is 5.10 Å². The Balaban J connectivity index is 1.83. The number of carbonyl (C=O) groups excluding carboxylic acids is 1. The summed E-state index contributed by atoms with van der Waals surface area (Å²) in [7, 11) is 1.81. The molecule has 1 atom stereocenters. The van der Waals surface area contributed by atoms with E-state index in [-0.39, 0.29) is 12.5 Å². The van der Waals surface area contributed by atoms with E-state index in [0.29, 0.717) is 24.2 Å². The van der Waals surface area contributed by atoms with Gasteiger partial charge in [0.15, 0.2) is 5.65 Å². The molecular weight excluding hydrogens is 352 g/mol. The number of pyridine rings is 1. The fraction of sp³-hybridized carbons (Fsp3) is 0.333. The van der Waals surface area contributed by atoms with E-state index in [1.165, 1.54) is 0 Å². The third-order valence-corrected chi connectivity index (χ3v) is 5.69. The van der Waals surface area contributed by atoms with Crippen LogP contribution in [-0.4, -0.2) is 49.7 Å². The lowest BCUT2D eigenvalue weighted by Gasteiger charge is -2.17. The Bertz CT molecular complexity index is 1010. The predicted molar refractivity (Wildman–Crippen MR) is 98.2 cm³/mol. The van der Waals surface area contributed by atoms with Crippen LogP contribution in [0.5, 0.6) is 0 Å².